The van der Waals surface area contributed by atoms with Gasteiger partial charge in [-0.3, -0.25) is 9.89 Å². The summed E-state index contributed by atoms with van der Waals surface area (Å²) in [6.07, 6.45) is 1.75. The number of rotatable bonds is 2. The van der Waals surface area contributed by atoms with E-state index in [1.807, 2.05) is 29.6 Å². The molecule has 0 atom stereocenters. The number of hydrogen-bond donors (Lipinski definition) is 2. The number of fused-ring (bicyclic) bond motifs is 1. The Morgan fingerprint density at radius 3 is 3.12 bits per heavy atom. The van der Waals surface area contributed by atoms with Gasteiger partial charge in [-0.1, -0.05) is 6.07 Å². The summed E-state index contributed by atoms with van der Waals surface area (Å²) in [4.78, 5) is 12.5. The second-order valence-corrected chi connectivity index (χ2v) is 4.55. The van der Waals surface area contributed by atoms with Crippen LogP contribution in [0.1, 0.15) is 9.67 Å². The molecule has 3 rings (SSSR count). The van der Waals surface area contributed by atoms with Gasteiger partial charge >= 0.3 is 0 Å². The van der Waals surface area contributed by atoms with Crippen LogP contribution in [0.5, 0.6) is 0 Å². The summed E-state index contributed by atoms with van der Waals surface area (Å²) in [5, 5.41) is 12.6. The highest BCUT2D eigenvalue weighted by Crippen LogP contribution is 2.18. The van der Waals surface area contributed by atoms with Gasteiger partial charge < -0.3 is 5.32 Å². The highest BCUT2D eigenvalue weighted by molar-refractivity contribution is 7.12. The van der Waals surface area contributed by atoms with Crippen LogP contribution in [-0.2, 0) is 0 Å². The summed E-state index contributed by atoms with van der Waals surface area (Å²) < 4.78 is 0. The molecular formula is C12H9N3OS. The number of H-pyrrole nitrogens is 1. The third-order valence-corrected chi connectivity index (χ3v) is 3.31. The first-order valence-electron chi connectivity index (χ1n) is 5.11. The van der Waals surface area contributed by atoms with E-state index in [1.165, 1.54) is 11.3 Å². The molecule has 0 unspecified atom stereocenters. The lowest BCUT2D eigenvalue weighted by molar-refractivity contribution is 0.103. The Morgan fingerprint density at radius 1 is 1.35 bits per heavy atom. The summed E-state index contributed by atoms with van der Waals surface area (Å²) >= 11 is 1.42. The van der Waals surface area contributed by atoms with Crippen molar-refractivity contribution in [2.75, 3.05) is 5.32 Å². The molecule has 0 aliphatic rings. The molecule has 0 aliphatic heterocycles. The number of carbonyl (C=O) groups is 1. The summed E-state index contributed by atoms with van der Waals surface area (Å²) in [6.45, 7) is 0. The van der Waals surface area contributed by atoms with Crippen LogP contribution >= 0.6 is 11.3 Å². The quantitative estimate of drug-likeness (QED) is 0.727. The largest absolute Gasteiger partial charge is 0.321 e. The Labute approximate surface area is 101 Å². The van der Waals surface area contributed by atoms with Crippen molar-refractivity contribution in [3.63, 3.8) is 0 Å². The number of nitrogens with zero attached hydrogens (tertiary/aromatic N) is 1. The minimum atomic E-state index is -0.0844. The van der Waals surface area contributed by atoms with Crippen molar-refractivity contribution in [1.29, 1.82) is 0 Å². The second-order valence-electron chi connectivity index (χ2n) is 3.60. The molecule has 17 heavy (non-hydrogen) atoms. The minimum absolute atomic E-state index is 0.0844. The number of aromatic amines is 1. The van der Waals surface area contributed by atoms with E-state index in [4.69, 9.17) is 0 Å². The van der Waals surface area contributed by atoms with E-state index in [0.717, 1.165) is 16.6 Å². The number of hydrogen-bond acceptors (Lipinski definition) is 3. The van der Waals surface area contributed by atoms with E-state index >= 15 is 0 Å². The molecule has 0 saturated heterocycles. The van der Waals surface area contributed by atoms with Crippen LogP contribution in [0.25, 0.3) is 10.9 Å². The molecule has 2 N–H and O–H groups in total. The molecule has 5 heteroatoms. The van der Waals surface area contributed by atoms with E-state index < -0.39 is 0 Å². The molecule has 4 nitrogen and oxygen atoms in total. The minimum Gasteiger partial charge on any atom is -0.321 e. The molecule has 1 amide bonds. The highest BCUT2D eigenvalue weighted by Gasteiger charge is 2.07. The molecule has 1 aromatic carbocycles. The summed E-state index contributed by atoms with van der Waals surface area (Å²) in [7, 11) is 0. The molecule has 2 heterocycles. The molecular weight excluding hydrogens is 234 g/mol. The predicted molar refractivity (Wildman–Crippen MR) is 68.4 cm³/mol. The van der Waals surface area contributed by atoms with Gasteiger partial charge in [-0.15, -0.1) is 11.3 Å². The van der Waals surface area contributed by atoms with E-state index in [9.17, 15) is 4.79 Å². The SMILES string of the molecule is O=C(Nc1ccc2cn[nH]c2c1)c1cccs1. The van der Waals surface area contributed by atoms with Crippen molar-refractivity contribution in [2.45, 2.75) is 0 Å². The number of aromatic nitrogens is 2. The zero-order chi connectivity index (χ0) is 11.7. The van der Waals surface area contributed by atoms with Gasteiger partial charge in [-0.2, -0.15) is 5.10 Å². The molecule has 0 aliphatic carbocycles. The van der Waals surface area contributed by atoms with Crippen LogP contribution < -0.4 is 5.32 Å². The first-order chi connectivity index (χ1) is 8.33. The van der Waals surface area contributed by atoms with Crippen molar-refractivity contribution in [3.8, 4) is 0 Å². The average molecular weight is 243 g/mol. The van der Waals surface area contributed by atoms with Crippen molar-refractivity contribution < 1.29 is 4.79 Å². The molecule has 0 fully saturated rings. The van der Waals surface area contributed by atoms with E-state index in [1.54, 1.807) is 12.3 Å². The maximum Gasteiger partial charge on any atom is 0.265 e. The fourth-order valence-corrected chi connectivity index (χ4v) is 2.23. The zero-order valence-corrected chi connectivity index (χ0v) is 9.62. The lowest BCUT2D eigenvalue weighted by Gasteiger charge is -2.03. The molecule has 84 valence electrons. The summed E-state index contributed by atoms with van der Waals surface area (Å²) in [5.74, 6) is -0.0844. The fraction of sp³-hybridized carbons (Fsp3) is 0. The number of amides is 1. The zero-order valence-electron chi connectivity index (χ0n) is 8.81. The highest BCUT2D eigenvalue weighted by atomic mass is 32.1. The number of thiophene rings is 1. The molecule has 0 bridgehead atoms. The van der Waals surface area contributed by atoms with E-state index in [2.05, 4.69) is 15.5 Å². The number of benzene rings is 1. The van der Waals surface area contributed by atoms with Gasteiger partial charge in [0, 0.05) is 11.1 Å². The van der Waals surface area contributed by atoms with E-state index in [0.29, 0.717) is 4.88 Å². The monoisotopic (exact) mass is 243 g/mol. The first kappa shape index (κ1) is 10.0. The van der Waals surface area contributed by atoms with Gasteiger partial charge in [0.2, 0.25) is 0 Å². The smallest absolute Gasteiger partial charge is 0.265 e. The van der Waals surface area contributed by atoms with Crippen LogP contribution in [0, 0.1) is 0 Å². The Morgan fingerprint density at radius 2 is 2.29 bits per heavy atom. The predicted octanol–water partition coefficient (Wildman–Crippen LogP) is 2.88. The third kappa shape index (κ3) is 1.92. The number of nitrogens with one attached hydrogen (secondary N) is 2. The van der Waals surface area contributed by atoms with E-state index in [-0.39, 0.29) is 5.91 Å². The molecule has 2 aromatic heterocycles. The average Bonchev–Trinajstić information content (AvgIpc) is 2.99. The van der Waals surface area contributed by atoms with Gasteiger partial charge in [0.1, 0.15) is 0 Å². The summed E-state index contributed by atoms with van der Waals surface area (Å²) in [5.41, 5.74) is 1.68. The van der Waals surface area contributed by atoms with Gasteiger partial charge in [-0.05, 0) is 29.6 Å². The topological polar surface area (TPSA) is 57.8 Å². The van der Waals surface area contributed by atoms with Crippen LogP contribution in [0.2, 0.25) is 0 Å². The van der Waals surface area contributed by atoms with Crippen LogP contribution in [0.15, 0.2) is 41.9 Å². The fourth-order valence-electron chi connectivity index (χ4n) is 1.62. The van der Waals surface area contributed by atoms with Gasteiger partial charge in [0.25, 0.3) is 5.91 Å². The Balaban J connectivity index is 1.87. The van der Waals surface area contributed by atoms with Crippen molar-refractivity contribution in [3.05, 3.63) is 46.8 Å². The lowest BCUT2D eigenvalue weighted by Crippen LogP contribution is -2.09. The molecule has 0 spiro atoms. The standard InChI is InChI=1S/C12H9N3OS/c16-12(11-2-1-5-17-11)14-9-4-3-8-7-13-15-10(8)6-9/h1-7H,(H,13,15)(H,14,16). The van der Waals surface area contributed by atoms with Gasteiger partial charge in [0.15, 0.2) is 0 Å². The first-order valence-corrected chi connectivity index (χ1v) is 5.99. The Bertz CT molecular complexity index is 657. The lowest BCUT2D eigenvalue weighted by atomic mass is 10.2. The number of carbonyl (C=O) groups excluding carboxylic acids is 1. The molecule has 0 saturated carbocycles. The normalized spacial score (nSPS) is 10.6. The van der Waals surface area contributed by atoms with Crippen molar-refractivity contribution >= 4 is 33.8 Å². The Hall–Kier alpha value is -2.14. The van der Waals surface area contributed by atoms with Crippen molar-refractivity contribution in [1.82, 2.24) is 10.2 Å². The van der Waals surface area contributed by atoms with Gasteiger partial charge in [-0.25, -0.2) is 0 Å². The van der Waals surface area contributed by atoms with Crippen LogP contribution in [0.4, 0.5) is 5.69 Å². The van der Waals surface area contributed by atoms with Crippen LogP contribution in [-0.4, -0.2) is 16.1 Å². The maximum absolute atomic E-state index is 11.8. The second kappa shape index (κ2) is 4.03. The van der Waals surface area contributed by atoms with Crippen molar-refractivity contribution in [2.24, 2.45) is 0 Å². The van der Waals surface area contributed by atoms with Gasteiger partial charge in [0.05, 0.1) is 16.6 Å². The molecule has 3 aromatic rings. The summed E-state index contributed by atoms with van der Waals surface area (Å²) in [6, 6.07) is 9.31. The maximum atomic E-state index is 11.8. The Kier molecular flexibility index (Phi) is 2.38. The molecule has 0 radical (unpaired) electrons. The van der Waals surface area contributed by atoms with Crippen LogP contribution in [0.3, 0.4) is 0 Å². The number of anilines is 1. The third-order valence-electron chi connectivity index (χ3n) is 2.44.